The Balaban J connectivity index is 2.82. The van der Waals surface area contributed by atoms with Gasteiger partial charge in [0.15, 0.2) is 0 Å². The summed E-state index contributed by atoms with van der Waals surface area (Å²) in [7, 11) is 1.87. The Morgan fingerprint density at radius 1 is 1.55 bits per heavy atom. The Kier molecular flexibility index (Phi) is 1.09. The zero-order valence-corrected chi connectivity index (χ0v) is 6.15. The van der Waals surface area contributed by atoms with Gasteiger partial charge in [0.2, 0.25) is 0 Å². The average Bonchev–Trinajstić information content (AvgIpc) is 2.27. The van der Waals surface area contributed by atoms with Crippen molar-refractivity contribution in [1.29, 1.82) is 0 Å². The molecule has 0 saturated carbocycles. The SMILES string of the molecule is Cn1cc2cc(N)ncc2n1. The van der Waals surface area contributed by atoms with Crippen molar-refractivity contribution in [2.24, 2.45) is 7.05 Å². The highest BCUT2D eigenvalue weighted by Crippen LogP contribution is 2.11. The van der Waals surface area contributed by atoms with E-state index in [1.165, 1.54) is 0 Å². The molecule has 2 aromatic rings. The summed E-state index contributed by atoms with van der Waals surface area (Å²) in [5.41, 5.74) is 6.36. The number of fused-ring (bicyclic) bond motifs is 1. The van der Waals surface area contributed by atoms with Gasteiger partial charge in [0.05, 0.1) is 6.20 Å². The van der Waals surface area contributed by atoms with E-state index in [-0.39, 0.29) is 0 Å². The molecule has 0 spiro atoms. The fraction of sp³-hybridized carbons (Fsp3) is 0.143. The summed E-state index contributed by atoms with van der Waals surface area (Å²) in [6.07, 6.45) is 3.58. The lowest BCUT2D eigenvalue weighted by Crippen LogP contribution is -1.87. The summed E-state index contributed by atoms with van der Waals surface area (Å²) < 4.78 is 1.74. The Bertz CT molecular complexity index is 390. The van der Waals surface area contributed by atoms with Crippen molar-refractivity contribution in [3.05, 3.63) is 18.5 Å². The monoisotopic (exact) mass is 148 g/mol. The number of anilines is 1. The van der Waals surface area contributed by atoms with Crippen LogP contribution in [0, 0.1) is 0 Å². The molecular formula is C7H8N4. The van der Waals surface area contributed by atoms with Gasteiger partial charge in [-0.25, -0.2) is 4.98 Å². The molecule has 4 nitrogen and oxygen atoms in total. The molecule has 2 heterocycles. The summed E-state index contributed by atoms with van der Waals surface area (Å²) in [6, 6.07) is 1.81. The molecule has 0 radical (unpaired) electrons. The number of hydrogen-bond acceptors (Lipinski definition) is 3. The lowest BCUT2D eigenvalue weighted by molar-refractivity contribution is 0.779. The largest absolute Gasteiger partial charge is 0.384 e. The third-order valence-corrected chi connectivity index (χ3v) is 1.53. The van der Waals surface area contributed by atoms with Crippen molar-refractivity contribution in [2.75, 3.05) is 5.73 Å². The number of hydrogen-bond donors (Lipinski definition) is 1. The van der Waals surface area contributed by atoms with E-state index in [1.807, 2.05) is 19.3 Å². The van der Waals surface area contributed by atoms with E-state index in [0.29, 0.717) is 5.82 Å². The van der Waals surface area contributed by atoms with Gasteiger partial charge >= 0.3 is 0 Å². The van der Waals surface area contributed by atoms with E-state index in [4.69, 9.17) is 5.73 Å². The third kappa shape index (κ3) is 0.920. The molecule has 0 aliphatic heterocycles. The summed E-state index contributed by atoms with van der Waals surface area (Å²) >= 11 is 0. The number of aryl methyl sites for hydroxylation is 1. The third-order valence-electron chi connectivity index (χ3n) is 1.53. The zero-order valence-electron chi connectivity index (χ0n) is 6.15. The van der Waals surface area contributed by atoms with E-state index < -0.39 is 0 Å². The molecule has 0 fully saturated rings. The molecule has 2 N–H and O–H groups in total. The Labute approximate surface area is 63.6 Å². The summed E-state index contributed by atoms with van der Waals surface area (Å²) in [5, 5.41) is 5.18. The zero-order chi connectivity index (χ0) is 7.84. The van der Waals surface area contributed by atoms with Gasteiger partial charge in [-0.2, -0.15) is 5.10 Å². The van der Waals surface area contributed by atoms with Gasteiger partial charge in [-0.1, -0.05) is 0 Å². The average molecular weight is 148 g/mol. The first-order chi connectivity index (χ1) is 5.25. The van der Waals surface area contributed by atoms with Crippen LogP contribution >= 0.6 is 0 Å². The van der Waals surface area contributed by atoms with Crippen molar-refractivity contribution in [3.8, 4) is 0 Å². The predicted molar refractivity (Wildman–Crippen MR) is 42.9 cm³/mol. The lowest BCUT2D eigenvalue weighted by Gasteiger charge is -1.88. The van der Waals surface area contributed by atoms with E-state index in [9.17, 15) is 0 Å². The molecule has 0 atom stereocenters. The highest BCUT2D eigenvalue weighted by atomic mass is 15.2. The van der Waals surface area contributed by atoms with E-state index in [1.54, 1.807) is 10.9 Å². The molecule has 0 aromatic carbocycles. The molecule has 0 amide bonds. The summed E-state index contributed by atoms with van der Waals surface area (Å²) in [5.74, 6) is 0.533. The number of nitrogen functional groups attached to an aromatic ring is 1. The summed E-state index contributed by atoms with van der Waals surface area (Å²) in [6.45, 7) is 0. The van der Waals surface area contributed by atoms with Crippen LogP contribution in [0.15, 0.2) is 18.5 Å². The Morgan fingerprint density at radius 2 is 2.36 bits per heavy atom. The molecule has 2 aromatic heterocycles. The fourth-order valence-corrected chi connectivity index (χ4v) is 1.07. The first kappa shape index (κ1) is 6.15. The second-order valence-corrected chi connectivity index (χ2v) is 2.47. The number of pyridine rings is 1. The van der Waals surface area contributed by atoms with Crippen LogP contribution in [0.4, 0.5) is 5.82 Å². The highest BCUT2D eigenvalue weighted by molar-refractivity contribution is 5.79. The second-order valence-electron chi connectivity index (χ2n) is 2.47. The molecule has 11 heavy (non-hydrogen) atoms. The predicted octanol–water partition coefficient (Wildman–Crippen LogP) is 0.550. The topological polar surface area (TPSA) is 56.7 Å². The number of nitrogens with two attached hydrogens (primary N) is 1. The minimum absolute atomic E-state index is 0.533. The maximum absolute atomic E-state index is 5.48. The fourth-order valence-electron chi connectivity index (χ4n) is 1.07. The molecule has 0 aliphatic rings. The van der Waals surface area contributed by atoms with Gasteiger partial charge < -0.3 is 5.73 Å². The first-order valence-electron chi connectivity index (χ1n) is 3.30. The van der Waals surface area contributed by atoms with E-state index in [2.05, 4.69) is 10.1 Å². The standard InChI is InChI=1S/C7H8N4/c1-11-4-5-2-7(8)9-3-6(5)10-11/h2-4H,8H2,1H3. The van der Waals surface area contributed by atoms with Gasteiger partial charge in [-0.05, 0) is 6.07 Å². The van der Waals surface area contributed by atoms with Crippen molar-refractivity contribution in [1.82, 2.24) is 14.8 Å². The molecule has 2 rings (SSSR count). The normalized spacial score (nSPS) is 10.6. The molecule has 4 heteroatoms. The van der Waals surface area contributed by atoms with Crippen LogP contribution in [0.1, 0.15) is 0 Å². The van der Waals surface area contributed by atoms with Gasteiger partial charge in [-0.3, -0.25) is 4.68 Å². The van der Waals surface area contributed by atoms with Crippen LogP contribution in [0.5, 0.6) is 0 Å². The lowest BCUT2D eigenvalue weighted by atomic mass is 10.3. The molecule has 0 bridgehead atoms. The highest BCUT2D eigenvalue weighted by Gasteiger charge is 1.97. The van der Waals surface area contributed by atoms with Crippen molar-refractivity contribution < 1.29 is 0 Å². The van der Waals surface area contributed by atoms with E-state index in [0.717, 1.165) is 10.9 Å². The Morgan fingerprint density at radius 3 is 3.18 bits per heavy atom. The van der Waals surface area contributed by atoms with Crippen LogP contribution < -0.4 is 5.73 Å². The van der Waals surface area contributed by atoms with Crippen molar-refractivity contribution >= 4 is 16.7 Å². The minimum atomic E-state index is 0.533. The summed E-state index contributed by atoms with van der Waals surface area (Å²) in [4.78, 5) is 3.92. The quantitative estimate of drug-likeness (QED) is 0.593. The number of nitrogens with zero attached hydrogens (tertiary/aromatic N) is 3. The molecule has 0 unspecified atom stereocenters. The van der Waals surface area contributed by atoms with Crippen LogP contribution in [-0.4, -0.2) is 14.8 Å². The van der Waals surface area contributed by atoms with Gasteiger partial charge in [0.25, 0.3) is 0 Å². The molecule has 0 saturated heterocycles. The van der Waals surface area contributed by atoms with Crippen LogP contribution in [0.25, 0.3) is 10.9 Å². The maximum atomic E-state index is 5.48. The van der Waals surface area contributed by atoms with E-state index >= 15 is 0 Å². The van der Waals surface area contributed by atoms with Crippen molar-refractivity contribution in [2.45, 2.75) is 0 Å². The van der Waals surface area contributed by atoms with Crippen LogP contribution in [0.2, 0.25) is 0 Å². The van der Waals surface area contributed by atoms with Crippen LogP contribution in [0.3, 0.4) is 0 Å². The molecule has 0 aliphatic carbocycles. The maximum Gasteiger partial charge on any atom is 0.124 e. The van der Waals surface area contributed by atoms with Crippen molar-refractivity contribution in [3.63, 3.8) is 0 Å². The molecular weight excluding hydrogens is 140 g/mol. The first-order valence-corrected chi connectivity index (χ1v) is 3.30. The smallest absolute Gasteiger partial charge is 0.124 e. The van der Waals surface area contributed by atoms with Gasteiger partial charge in [0, 0.05) is 18.6 Å². The van der Waals surface area contributed by atoms with Crippen LogP contribution in [-0.2, 0) is 7.05 Å². The number of rotatable bonds is 0. The molecule has 56 valence electrons. The number of aromatic nitrogens is 3. The van der Waals surface area contributed by atoms with Gasteiger partial charge in [0.1, 0.15) is 11.3 Å². The Hall–Kier alpha value is -1.58. The van der Waals surface area contributed by atoms with Gasteiger partial charge in [-0.15, -0.1) is 0 Å². The second kappa shape index (κ2) is 1.95. The minimum Gasteiger partial charge on any atom is -0.384 e.